The van der Waals surface area contributed by atoms with Crippen molar-refractivity contribution in [2.75, 3.05) is 46.4 Å². The van der Waals surface area contributed by atoms with E-state index >= 15 is 0 Å². The summed E-state index contributed by atoms with van der Waals surface area (Å²) in [6.45, 7) is 5.84. The van der Waals surface area contributed by atoms with Gasteiger partial charge in [-0.05, 0) is 73.2 Å². The molecule has 11 nitrogen and oxygen atoms in total. The lowest BCUT2D eigenvalue weighted by molar-refractivity contribution is -0.145. The van der Waals surface area contributed by atoms with Crippen LogP contribution in [0.2, 0.25) is 5.02 Å². The Labute approximate surface area is 319 Å². The van der Waals surface area contributed by atoms with Crippen LogP contribution in [0.4, 0.5) is 13.2 Å². The van der Waals surface area contributed by atoms with Gasteiger partial charge in [0.2, 0.25) is 12.0 Å². The number of aliphatic carboxylic acids is 1. The first-order valence-corrected chi connectivity index (χ1v) is 18.9. The number of nitrogens with zero attached hydrogens (tertiary/aromatic N) is 6. The summed E-state index contributed by atoms with van der Waals surface area (Å²) >= 11 is 8.14. The van der Waals surface area contributed by atoms with Crippen LogP contribution in [-0.4, -0.2) is 98.7 Å². The van der Waals surface area contributed by atoms with Crippen LogP contribution >= 0.6 is 23.1 Å². The van der Waals surface area contributed by atoms with Crippen molar-refractivity contribution in [3.63, 3.8) is 0 Å². The van der Waals surface area contributed by atoms with Crippen molar-refractivity contribution in [2.24, 2.45) is 0 Å². The van der Waals surface area contributed by atoms with E-state index in [1.807, 2.05) is 19.1 Å². The molecule has 1 saturated heterocycles. The first-order chi connectivity index (χ1) is 25.9. The van der Waals surface area contributed by atoms with Crippen LogP contribution in [0, 0.1) is 6.92 Å². The van der Waals surface area contributed by atoms with Crippen molar-refractivity contribution in [2.45, 2.75) is 57.5 Å². The van der Waals surface area contributed by atoms with Crippen LogP contribution in [0.15, 0.2) is 54.9 Å². The second kappa shape index (κ2) is 16.1. The van der Waals surface area contributed by atoms with E-state index in [4.69, 9.17) is 30.8 Å². The fourth-order valence-corrected chi connectivity index (χ4v) is 7.53. The molecule has 54 heavy (non-hydrogen) atoms. The Balaban J connectivity index is 1.13. The molecule has 5 aromatic rings. The fraction of sp³-hybridized carbons (Fsp3) is 0.421. The van der Waals surface area contributed by atoms with E-state index in [9.17, 15) is 23.1 Å². The zero-order chi connectivity index (χ0) is 38.0. The number of alkyl halides is 3. The van der Waals surface area contributed by atoms with Gasteiger partial charge in [0.1, 0.15) is 31.3 Å². The average Bonchev–Trinajstić information content (AvgIpc) is 3.77. The van der Waals surface area contributed by atoms with Crippen LogP contribution in [0.1, 0.15) is 41.3 Å². The third-order valence-electron chi connectivity index (χ3n) is 9.78. The van der Waals surface area contributed by atoms with E-state index in [1.165, 1.54) is 23.8 Å². The number of likely N-dealkylation sites (N-methyl/N-ethyl adjacent to an activating group) is 1. The standard InChI is InChI=1S/C38H40ClF3N6O5S/c1-23-27(9-10-29(34(23)39)51-18-17-47-15-13-46(2)14-16-47)32-33-31(20-43-35(32)24-7-8-24)54-45-36(33)53-30(37(49)50)19-25-5-3-4-6-28(25)52-21-26-11-12-44-48(26)22-38(40,41)42/h3-6,9-12,20,24,30H,7-8,13-19,21-22H2,1-2H3,(H,49,50)/t30-/m1/s1. The maximum atomic E-state index is 13.0. The molecule has 286 valence electrons. The minimum absolute atomic E-state index is 0.104. The summed E-state index contributed by atoms with van der Waals surface area (Å²) in [5, 5.41) is 15.3. The summed E-state index contributed by atoms with van der Waals surface area (Å²) in [6, 6.07) is 12.0. The Morgan fingerprint density at radius 2 is 1.85 bits per heavy atom. The summed E-state index contributed by atoms with van der Waals surface area (Å²) in [7, 11) is 2.13. The maximum Gasteiger partial charge on any atom is 0.408 e. The number of para-hydroxylation sites is 1. The van der Waals surface area contributed by atoms with Gasteiger partial charge in [-0.25, -0.2) is 4.79 Å². The number of hydrogen-bond donors (Lipinski definition) is 1. The van der Waals surface area contributed by atoms with E-state index < -0.39 is 24.8 Å². The molecular formula is C38H40ClF3N6O5S. The normalized spacial score (nSPS) is 16.1. The monoisotopic (exact) mass is 784 g/mol. The van der Waals surface area contributed by atoms with Crippen molar-refractivity contribution in [1.29, 1.82) is 0 Å². The quantitative estimate of drug-likeness (QED) is 0.117. The molecule has 0 bridgehead atoms. The van der Waals surface area contributed by atoms with Gasteiger partial charge in [-0.2, -0.15) is 22.6 Å². The number of fused-ring (bicyclic) bond motifs is 1. The number of halogens is 4. The molecule has 0 spiro atoms. The van der Waals surface area contributed by atoms with Gasteiger partial charge in [-0.15, -0.1) is 0 Å². The van der Waals surface area contributed by atoms with Gasteiger partial charge in [-0.1, -0.05) is 35.9 Å². The van der Waals surface area contributed by atoms with Crippen LogP contribution in [0.5, 0.6) is 17.4 Å². The molecule has 2 aromatic carbocycles. The highest BCUT2D eigenvalue weighted by Crippen LogP contribution is 2.50. The predicted molar refractivity (Wildman–Crippen MR) is 199 cm³/mol. The van der Waals surface area contributed by atoms with E-state index in [0.717, 1.165) is 77.3 Å². The van der Waals surface area contributed by atoms with E-state index in [1.54, 1.807) is 30.5 Å². The SMILES string of the molecule is Cc1c(-c2c(C3CC3)ncc3snc(O[C@H](Cc4ccccc4OCc4ccnn4CC(F)(F)F)C(=O)O)c23)ccc(OCCN2CCN(C)CC2)c1Cl. The molecular weight excluding hydrogens is 745 g/mol. The van der Waals surface area contributed by atoms with E-state index in [0.29, 0.717) is 34.1 Å². The molecule has 1 saturated carbocycles. The molecule has 4 heterocycles. The lowest BCUT2D eigenvalue weighted by Gasteiger charge is -2.32. The molecule has 2 aliphatic rings. The zero-order valence-corrected chi connectivity index (χ0v) is 31.4. The molecule has 1 N–H and O–H groups in total. The van der Waals surface area contributed by atoms with E-state index in [2.05, 4.69) is 26.3 Å². The Bertz CT molecular complexity index is 2110. The highest BCUT2D eigenvalue weighted by Gasteiger charge is 2.33. The number of ether oxygens (including phenoxy) is 3. The molecule has 0 radical (unpaired) electrons. The van der Waals surface area contributed by atoms with Gasteiger partial charge >= 0.3 is 12.1 Å². The first kappa shape index (κ1) is 37.9. The van der Waals surface area contributed by atoms with Gasteiger partial charge < -0.3 is 24.2 Å². The molecule has 0 unspecified atom stereocenters. The Hall–Kier alpha value is -4.44. The molecule has 7 rings (SSSR count). The third kappa shape index (κ3) is 8.75. The predicted octanol–water partition coefficient (Wildman–Crippen LogP) is 7.24. The average molecular weight is 785 g/mol. The van der Waals surface area contributed by atoms with Crippen LogP contribution in [0.3, 0.4) is 0 Å². The van der Waals surface area contributed by atoms with Crippen molar-refractivity contribution < 1.29 is 37.3 Å². The Morgan fingerprint density at radius 1 is 1.07 bits per heavy atom. The van der Waals surface area contributed by atoms with E-state index in [-0.39, 0.29) is 30.5 Å². The maximum absolute atomic E-state index is 13.0. The second-order valence-corrected chi connectivity index (χ2v) is 14.9. The summed E-state index contributed by atoms with van der Waals surface area (Å²) in [5.74, 6) is 0.0919. The fourth-order valence-electron chi connectivity index (χ4n) is 6.62. The number of hydrogen-bond acceptors (Lipinski definition) is 10. The van der Waals surface area contributed by atoms with Gasteiger partial charge in [-0.3, -0.25) is 14.6 Å². The number of rotatable bonds is 15. The molecule has 1 aliphatic carbocycles. The third-order valence-corrected chi connectivity index (χ3v) is 11.0. The number of piperazine rings is 1. The summed E-state index contributed by atoms with van der Waals surface area (Å²) in [5.41, 5.74) is 4.05. The van der Waals surface area contributed by atoms with Crippen molar-refractivity contribution in [1.82, 2.24) is 28.9 Å². The first-order valence-electron chi connectivity index (χ1n) is 17.7. The highest BCUT2D eigenvalue weighted by molar-refractivity contribution is 7.13. The number of carboxylic acid groups (broad SMARTS) is 1. The highest BCUT2D eigenvalue weighted by atomic mass is 35.5. The van der Waals surface area contributed by atoms with Crippen molar-refractivity contribution in [3.05, 3.63) is 82.4 Å². The minimum Gasteiger partial charge on any atom is -0.491 e. The minimum atomic E-state index is -4.45. The molecule has 3 aromatic heterocycles. The molecule has 0 amide bonds. The molecule has 1 aliphatic heterocycles. The molecule has 16 heteroatoms. The van der Waals surface area contributed by atoms with Crippen molar-refractivity contribution >= 4 is 39.2 Å². The van der Waals surface area contributed by atoms with Crippen LogP contribution in [0.25, 0.3) is 21.2 Å². The summed E-state index contributed by atoms with van der Waals surface area (Å²) in [6.07, 6.45) is -0.945. The number of pyridine rings is 1. The topological polar surface area (TPSA) is 115 Å². The van der Waals surface area contributed by atoms with Gasteiger partial charge in [0.15, 0.2) is 0 Å². The number of benzene rings is 2. The van der Waals surface area contributed by atoms with Gasteiger partial charge in [0.25, 0.3) is 0 Å². The van der Waals surface area contributed by atoms with Crippen molar-refractivity contribution in [3.8, 4) is 28.5 Å². The Morgan fingerprint density at radius 3 is 2.59 bits per heavy atom. The molecule has 1 atom stereocenters. The zero-order valence-electron chi connectivity index (χ0n) is 29.8. The largest absolute Gasteiger partial charge is 0.491 e. The summed E-state index contributed by atoms with van der Waals surface area (Å²) < 4.78 is 63.6. The van der Waals surface area contributed by atoms with Crippen LogP contribution in [-0.2, 0) is 24.4 Å². The number of aromatic nitrogens is 4. The number of carboxylic acids is 1. The van der Waals surface area contributed by atoms with Crippen LogP contribution < -0.4 is 14.2 Å². The lowest BCUT2D eigenvalue weighted by Crippen LogP contribution is -2.45. The number of carbonyl (C=O) groups is 1. The summed E-state index contributed by atoms with van der Waals surface area (Å²) in [4.78, 5) is 22.3. The lowest BCUT2D eigenvalue weighted by atomic mass is 9.94. The van der Waals surface area contributed by atoms with Gasteiger partial charge in [0.05, 0.1) is 26.5 Å². The second-order valence-electron chi connectivity index (χ2n) is 13.7. The smallest absolute Gasteiger partial charge is 0.408 e. The van der Waals surface area contributed by atoms with Gasteiger partial charge in [0, 0.05) is 63.0 Å². The Kier molecular flexibility index (Phi) is 11.3. The molecule has 2 fully saturated rings.